The maximum absolute atomic E-state index is 12.1. The van der Waals surface area contributed by atoms with Crippen molar-refractivity contribution in [3.05, 3.63) is 51.7 Å². The van der Waals surface area contributed by atoms with Gasteiger partial charge in [-0.25, -0.2) is 8.42 Å². The van der Waals surface area contributed by atoms with E-state index in [0.29, 0.717) is 10.3 Å². The van der Waals surface area contributed by atoms with Crippen LogP contribution in [0, 0.1) is 0 Å². The molecule has 0 aliphatic heterocycles. The molecule has 94 valence electrons. The highest BCUT2D eigenvalue weighted by molar-refractivity contribution is 9.10. The van der Waals surface area contributed by atoms with Crippen molar-refractivity contribution in [1.82, 2.24) is 10.2 Å². The molecule has 2 aromatic rings. The molecule has 0 saturated carbocycles. The fourth-order valence-electron chi connectivity index (χ4n) is 1.39. The van der Waals surface area contributed by atoms with Crippen molar-refractivity contribution >= 4 is 37.4 Å². The Balaban J connectivity index is 2.33. The van der Waals surface area contributed by atoms with E-state index in [2.05, 4.69) is 26.1 Å². The van der Waals surface area contributed by atoms with Crippen molar-refractivity contribution in [2.45, 2.75) is 10.6 Å². The minimum atomic E-state index is -3.51. The molecule has 0 fully saturated rings. The molecule has 0 amide bonds. The van der Waals surface area contributed by atoms with Gasteiger partial charge in [-0.3, -0.25) is 0 Å². The zero-order valence-corrected chi connectivity index (χ0v) is 12.2. The first-order chi connectivity index (χ1) is 8.49. The average molecular weight is 348 g/mol. The van der Waals surface area contributed by atoms with Gasteiger partial charge in [0.2, 0.25) is 0 Å². The lowest BCUT2D eigenvalue weighted by Crippen LogP contribution is -2.07. The lowest BCUT2D eigenvalue weighted by atomic mass is 10.4. The van der Waals surface area contributed by atoms with E-state index >= 15 is 0 Å². The van der Waals surface area contributed by atoms with E-state index in [1.807, 2.05) is 0 Å². The van der Waals surface area contributed by atoms with Crippen LogP contribution in [0.1, 0.15) is 5.69 Å². The van der Waals surface area contributed by atoms with Crippen molar-refractivity contribution in [1.29, 1.82) is 0 Å². The predicted molar refractivity (Wildman–Crippen MR) is 72.1 cm³/mol. The first-order valence-corrected chi connectivity index (χ1v) is 7.77. The molecule has 0 saturated heterocycles. The predicted octanol–water partition coefficient (Wildman–Crippen LogP) is 2.87. The lowest BCUT2D eigenvalue weighted by Gasteiger charge is -2.05. The molecule has 4 nitrogen and oxygen atoms in total. The third-order valence-electron chi connectivity index (χ3n) is 2.20. The van der Waals surface area contributed by atoms with Crippen LogP contribution in [0.3, 0.4) is 0 Å². The summed E-state index contributed by atoms with van der Waals surface area (Å²) in [6, 6.07) is 9.58. The number of halogens is 2. The molecule has 0 aliphatic carbocycles. The monoisotopic (exact) mass is 346 g/mol. The van der Waals surface area contributed by atoms with E-state index in [1.54, 1.807) is 30.3 Å². The molecular formula is C11H8BrClN2O2S. The van der Waals surface area contributed by atoms with Crippen LogP contribution in [-0.4, -0.2) is 18.6 Å². The topological polar surface area (TPSA) is 59.9 Å². The number of aromatic nitrogens is 2. The van der Waals surface area contributed by atoms with Gasteiger partial charge in [0.05, 0.1) is 21.4 Å². The van der Waals surface area contributed by atoms with Gasteiger partial charge in [0.25, 0.3) is 0 Å². The summed E-state index contributed by atoms with van der Waals surface area (Å²) in [7, 11) is -3.51. The van der Waals surface area contributed by atoms with E-state index in [1.165, 1.54) is 6.07 Å². The molecule has 0 bridgehead atoms. The molecule has 0 N–H and O–H groups in total. The highest BCUT2D eigenvalue weighted by Gasteiger charge is 2.19. The number of sulfone groups is 1. The molecule has 1 aromatic carbocycles. The number of hydrogen-bond donors (Lipinski definition) is 0. The third kappa shape index (κ3) is 3.07. The van der Waals surface area contributed by atoms with Crippen LogP contribution in [0.2, 0.25) is 5.02 Å². The van der Waals surface area contributed by atoms with Gasteiger partial charge < -0.3 is 0 Å². The quantitative estimate of drug-likeness (QED) is 0.856. The van der Waals surface area contributed by atoms with Crippen molar-refractivity contribution in [3.8, 4) is 0 Å². The second-order valence-corrected chi connectivity index (χ2v) is 6.71. The Labute approximate surface area is 118 Å². The third-order valence-corrected chi connectivity index (χ3v) is 4.76. The van der Waals surface area contributed by atoms with Crippen LogP contribution in [0.15, 0.2) is 45.9 Å². The summed E-state index contributed by atoms with van der Waals surface area (Å²) in [6.45, 7) is 0. The fourth-order valence-corrected chi connectivity index (χ4v) is 3.44. The maximum Gasteiger partial charge on any atom is 0.185 e. The normalized spacial score (nSPS) is 11.4. The molecule has 0 spiro atoms. The smallest absolute Gasteiger partial charge is 0.185 e. The molecule has 18 heavy (non-hydrogen) atoms. The number of rotatable bonds is 3. The Kier molecular flexibility index (Phi) is 3.99. The van der Waals surface area contributed by atoms with E-state index in [-0.39, 0.29) is 15.7 Å². The van der Waals surface area contributed by atoms with Crippen LogP contribution in [0.5, 0.6) is 0 Å². The molecule has 7 heteroatoms. The van der Waals surface area contributed by atoms with Gasteiger partial charge in [0.15, 0.2) is 9.84 Å². The zero-order valence-electron chi connectivity index (χ0n) is 9.05. The first kappa shape index (κ1) is 13.5. The average Bonchev–Trinajstić information content (AvgIpc) is 2.32. The molecule has 0 unspecified atom stereocenters. The first-order valence-electron chi connectivity index (χ1n) is 4.94. The Morgan fingerprint density at radius 1 is 1.11 bits per heavy atom. The molecule has 0 radical (unpaired) electrons. The summed E-state index contributed by atoms with van der Waals surface area (Å²) in [5.41, 5.74) is 0.373. The number of hydrogen-bond acceptors (Lipinski definition) is 4. The summed E-state index contributed by atoms with van der Waals surface area (Å²) in [5.74, 6) is -0.225. The fraction of sp³-hybridized carbons (Fsp3) is 0.0909. The van der Waals surface area contributed by atoms with Crippen molar-refractivity contribution in [2.24, 2.45) is 0 Å². The lowest BCUT2D eigenvalue weighted by molar-refractivity contribution is 0.594. The van der Waals surface area contributed by atoms with Crippen LogP contribution in [0.4, 0.5) is 0 Å². The minimum Gasteiger partial charge on any atom is -0.223 e. The van der Waals surface area contributed by atoms with Gasteiger partial charge in [-0.15, -0.1) is 5.10 Å². The van der Waals surface area contributed by atoms with Crippen LogP contribution < -0.4 is 0 Å². The highest BCUT2D eigenvalue weighted by Crippen LogP contribution is 2.23. The van der Waals surface area contributed by atoms with Crippen molar-refractivity contribution in [3.63, 3.8) is 0 Å². The summed E-state index contributed by atoms with van der Waals surface area (Å²) in [5, 5.41) is 7.76. The SMILES string of the molecule is O=S(=O)(Cc1ccc(Br)nn1)c1ccccc1Cl. The van der Waals surface area contributed by atoms with Crippen LogP contribution in [0.25, 0.3) is 0 Å². The molecule has 1 aromatic heterocycles. The van der Waals surface area contributed by atoms with Crippen LogP contribution in [-0.2, 0) is 15.6 Å². The minimum absolute atomic E-state index is 0.108. The zero-order chi connectivity index (χ0) is 13.2. The van der Waals surface area contributed by atoms with Crippen LogP contribution >= 0.6 is 27.5 Å². The maximum atomic E-state index is 12.1. The number of nitrogens with zero attached hydrogens (tertiary/aromatic N) is 2. The summed E-state index contributed by atoms with van der Waals surface area (Å²) < 4.78 is 24.8. The second kappa shape index (κ2) is 5.34. The van der Waals surface area contributed by atoms with Gasteiger partial charge in [-0.2, -0.15) is 5.10 Å². The summed E-state index contributed by atoms with van der Waals surface area (Å²) >= 11 is 9.01. The van der Waals surface area contributed by atoms with Gasteiger partial charge >= 0.3 is 0 Å². The number of benzene rings is 1. The van der Waals surface area contributed by atoms with E-state index in [0.717, 1.165) is 0 Å². The summed E-state index contributed by atoms with van der Waals surface area (Å²) in [4.78, 5) is 0.108. The Morgan fingerprint density at radius 3 is 2.44 bits per heavy atom. The Morgan fingerprint density at radius 2 is 1.83 bits per heavy atom. The van der Waals surface area contributed by atoms with Gasteiger partial charge in [0.1, 0.15) is 4.60 Å². The standard InChI is InChI=1S/C11H8BrClN2O2S/c12-11-6-5-8(14-15-11)7-18(16,17)10-4-2-1-3-9(10)13/h1-6H,7H2. The second-order valence-electron chi connectivity index (χ2n) is 3.54. The van der Waals surface area contributed by atoms with Gasteiger partial charge in [-0.05, 0) is 40.2 Å². The van der Waals surface area contributed by atoms with E-state index in [4.69, 9.17) is 11.6 Å². The van der Waals surface area contributed by atoms with Crippen molar-refractivity contribution in [2.75, 3.05) is 0 Å². The molecule has 0 aliphatic rings. The Bertz CT molecular complexity index is 659. The van der Waals surface area contributed by atoms with Crippen molar-refractivity contribution < 1.29 is 8.42 Å². The molecular weight excluding hydrogens is 340 g/mol. The largest absolute Gasteiger partial charge is 0.223 e. The molecule has 0 atom stereocenters. The molecule has 1 heterocycles. The van der Waals surface area contributed by atoms with E-state index < -0.39 is 9.84 Å². The Hall–Kier alpha value is -0.980. The molecule has 2 rings (SSSR count). The summed E-state index contributed by atoms with van der Waals surface area (Å²) in [6.07, 6.45) is 0. The van der Waals surface area contributed by atoms with Gasteiger partial charge in [0, 0.05) is 0 Å². The van der Waals surface area contributed by atoms with Gasteiger partial charge in [-0.1, -0.05) is 23.7 Å². The van der Waals surface area contributed by atoms with E-state index in [9.17, 15) is 8.42 Å². The highest BCUT2D eigenvalue weighted by atomic mass is 79.9.